The minimum atomic E-state index is 0.515. The first-order valence-corrected chi connectivity index (χ1v) is 7.62. The van der Waals surface area contributed by atoms with Crippen LogP contribution in [0.2, 0.25) is 0 Å². The van der Waals surface area contributed by atoms with Crippen molar-refractivity contribution in [2.45, 2.75) is 13.8 Å². The van der Waals surface area contributed by atoms with E-state index in [-0.39, 0.29) is 0 Å². The number of nitrogen functional groups attached to an aromatic ring is 1. The third kappa shape index (κ3) is 2.36. The van der Waals surface area contributed by atoms with Crippen LogP contribution >= 0.6 is 27.3 Å². The SMILES string of the molecule is Cc1cc(Br)ccc1-c1noc(-c2sc(N)cc2C)n1. The lowest BCUT2D eigenvalue weighted by Crippen LogP contribution is -1.85. The van der Waals surface area contributed by atoms with Crippen molar-refractivity contribution in [3.63, 3.8) is 0 Å². The lowest BCUT2D eigenvalue weighted by atomic mass is 10.1. The van der Waals surface area contributed by atoms with Crippen LogP contribution < -0.4 is 5.73 Å². The van der Waals surface area contributed by atoms with Gasteiger partial charge >= 0.3 is 0 Å². The Bertz CT molecular complexity index is 779. The van der Waals surface area contributed by atoms with Gasteiger partial charge in [-0.2, -0.15) is 4.98 Å². The van der Waals surface area contributed by atoms with E-state index in [4.69, 9.17) is 10.3 Å². The highest BCUT2D eigenvalue weighted by molar-refractivity contribution is 9.10. The highest BCUT2D eigenvalue weighted by Gasteiger charge is 2.16. The van der Waals surface area contributed by atoms with Crippen LogP contribution in [0.15, 0.2) is 33.3 Å². The van der Waals surface area contributed by atoms with Crippen LogP contribution in [0.3, 0.4) is 0 Å². The van der Waals surface area contributed by atoms with Crippen molar-refractivity contribution in [2.75, 3.05) is 5.73 Å². The number of thiophene rings is 1. The number of halogens is 1. The van der Waals surface area contributed by atoms with E-state index in [1.807, 2.05) is 38.1 Å². The minimum absolute atomic E-state index is 0.515. The molecule has 0 unspecified atom stereocenters. The molecule has 0 atom stereocenters. The molecule has 2 heterocycles. The Morgan fingerprint density at radius 3 is 2.65 bits per heavy atom. The fraction of sp³-hybridized carbons (Fsp3) is 0.143. The Labute approximate surface area is 128 Å². The van der Waals surface area contributed by atoms with E-state index in [0.29, 0.717) is 11.7 Å². The molecule has 2 aromatic heterocycles. The third-order valence-electron chi connectivity index (χ3n) is 2.99. The summed E-state index contributed by atoms with van der Waals surface area (Å²) in [7, 11) is 0. The number of aryl methyl sites for hydroxylation is 2. The van der Waals surface area contributed by atoms with Gasteiger partial charge in [-0.25, -0.2) is 0 Å². The van der Waals surface area contributed by atoms with Gasteiger partial charge < -0.3 is 10.3 Å². The standard InChI is InChI=1S/C14H12BrN3OS/c1-7-5-9(15)3-4-10(7)13-17-14(19-18-13)12-8(2)6-11(16)20-12/h3-6H,16H2,1-2H3. The summed E-state index contributed by atoms with van der Waals surface area (Å²) in [5.74, 6) is 1.11. The van der Waals surface area contributed by atoms with Crippen LogP contribution in [0.1, 0.15) is 11.1 Å². The second kappa shape index (κ2) is 5.03. The summed E-state index contributed by atoms with van der Waals surface area (Å²) < 4.78 is 6.40. The molecule has 1 aromatic carbocycles. The fourth-order valence-electron chi connectivity index (χ4n) is 2.02. The molecule has 0 aliphatic rings. The van der Waals surface area contributed by atoms with Gasteiger partial charge in [-0.3, -0.25) is 0 Å². The first-order chi connectivity index (χ1) is 9.54. The Hall–Kier alpha value is -1.66. The lowest BCUT2D eigenvalue weighted by Gasteiger charge is -2.00. The normalized spacial score (nSPS) is 10.9. The highest BCUT2D eigenvalue weighted by Crippen LogP contribution is 2.34. The Morgan fingerprint density at radius 1 is 1.20 bits per heavy atom. The van der Waals surface area contributed by atoms with E-state index in [0.717, 1.165) is 31.0 Å². The Balaban J connectivity index is 2.04. The summed E-state index contributed by atoms with van der Waals surface area (Å²) >= 11 is 4.90. The molecule has 2 N–H and O–H groups in total. The van der Waals surface area contributed by atoms with Gasteiger partial charge in [-0.1, -0.05) is 21.1 Å². The maximum atomic E-state index is 5.80. The van der Waals surface area contributed by atoms with Gasteiger partial charge in [0.2, 0.25) is 5.82 Å². The molecule has 3 rings (SSSR count). The number of hydrogen-bond acceptors (Lipinski definition) is 5. The van der Waals surface area contributed by atoms with Gasteiger partial charge in [0.25, 0.3) is 5.89 Å². The second-order valence-corrected chi connectivity index (χ2v) is 6.54. The lowest BCUT2D eigenvalue weighted by molar-refractivity contribution is 0.433. The monoisotopic (exact) mass is 349 g/mol. The molecule has 20 heavy (non-hydrogen) atoms. The van der Waals surface area contributed by atoms with E-state index < -0.39 is 0 Å². The summed E-state index contributed by atoms with van der Waals surface area (Å²) in [6.07, 6.45) is 0. The molecule has 0 aliphatic heterocycles. The van der Waals surface area contributed by atoms with E-state index in [1.165, 1.54) is 11.3 Å². The Morgan fingerprint density at radius 2 is 2.00 bits per heavy atom. The number of aromatic nitrogens is 2. The van der Waals surface area contributed by atoms with Crippen LogP contribution in [0.25, 0.3) is 22.2 Å². The zero-order chi connectivity index (χ0) is 14.3. The molecule has 0 fully saturated rings. The number of hydrogen-bond donors (Lipinski definition) is 1. The maximum absolute atomic E-state index is 5.80. The predicted molar refractivity (Wildman–Crippen MR) is 84.6 cm³/mol. The second-order valence-electron chi connectivity index (χ2n) is 4.54. The molecule has 3 aromatic rings. The molecule has 0 saturated heterocycles. The van der Waals surface area contributed by atoms with E-state index in [9.17, 15) is 0 Å². The van der Waals surface area contributed by atoms with Gasteiger partial charge in [0.1, 0.15) is 0 Å². The number of rotatable bonds is 2. The van der Waals surface area contributed by atoms with Gasteiger partial charge in [-0.15, -0.1) is 11.3 Å². The molecule has 0 aliphatic carbocycles. The molecule has 102 valence electrons. The summed E-state index contributed by atoms with van der Waals surface area (Å²) in [6, 6.07) is 7.88. The third-order valence-corrected chi connectivity index (χ3v) is 4.53. The van der Waals surface area contributed by atoms with Crippen molar-refractivity contribution >= 4 is 32.3 Å². The first kappa shape index (κ1) is 13.3. The summed E-state index contributed by atoms with van der Waals surface area (Å²) in [6.45, 7) is 4.00. The van der Waals surface area contributed by atoms with Crippen molar-refractivity contribution in [2.24, 2.45) is 0 Å². The highest BCUT2D eigenvalue weighted by atomic mass is 79.9. The molecule has 0 saturated carbocycles. The average Bonchev–Trinajstić information content (AvgIpc) is 2.96. The average molecular weight is 350 g/mol. The van der Waals surface area contributed by atoms with Crippen LogP contribution in [0.5, 0.6) is 0 Å². The van der Waals surface area contributed by atoms with Crippen molar-refractivity contribution in [3.05, 3.63) is 39.9 Å². The number of nitrogens with two attached hydrogens (primary N) is 1. The van der Waals surface area contributed by atoms with E-state index in [2.05, 4.69) is 26.1 Å². The zero-order valence-corrected chi connectivity index (χ0v) is 13.4. The molecule has 0 radical (unpaired) electrons. The molecule has 6 heteroatoms. The number of nitrogens with zero attached hydrogens (tertiary/aromatic N) is 2. The summed E-state index contributed by atoms with van der Waals surface area (Å²) in [5.41, 5.74) is 8.91. The van der Waals surface area contributed by atoms with Crippen LogP contribution in [0.4, 0.5) is 5.00 Å². The van der Waals surface area contributed by atoms with Gasteiger partial charge in [0.05, 0.1) is 9.88 Å². The van der Waals surface area contributed by atoms with Crippen LogP contribution in [-0.4, -0.2) is 10.1 Å². The summed E-state index contributed by atoms with van der Waals surface area (Å²) in [5, 5.41) is 4.82. The van der Waals surface area contributed by atoms with Crippen molar-refractivity contribution in [1.29, 1.82) is 0 Å². The Kier molecular flexibility index (Phi) is 3.35. The van der Waals surface area contributed by atoms with Crippen molar-refractivity contribution < 1.29 is 4.52 Å². The van der Waals surface area contributed by atoms with Crippen LogP contribution in [0, 0.1) is 13.8 Å². The maximum Gasteiger partial charge on any atom is 0.268 e. The quantitative estimate of drug-likeness (QED) is 0.743. The van der Waals surface area contributed by atoms with Gasteiger partial charge in [0, 0.05) is 10.0 Å². The fourth-order valence-corrected chi connectivity index (χ4v) is 3.36. The predicted octanol–water partition coefficient (Wildman–Crippen LogP) is 4.43. The van der Waals surface area contributed by atoms with Gasteiger partial charge in [0.15, 0.2) is 0 Å². The zero-order valence-electron chi connectivity index (χ0n) is 11.0. The first-order valence-electron chi connectivity index (χ1n) is 6.01. The number of benzene rings is 1. The molecule has 0 amide bonds. The molecule has 0 bridgehead atoms. The molecular formula is C14H12BrN3OS. The van der Waals surface area contributed by atoms with Crippen molar-refractivity contribution in [3.8, 4) is 22.2 Å². The van der Waals surface area contributed by atoms with Crippen LogP contribution in [-0.2, 0) is 0 Å². The van der Waals surface area contributed by atoms with E-state index in [1.54, 1.807) is 0 Å². The topological polar surface area (TPSA) is 64.9 Å². The van der Waals surface area contributed by atoms with Crippen molar-refractivity contribution in [1.82, 2.24) is 10.1 Å². The molecular weight excluding hydrogens is 338 g/mol. The van der Waals surface area contributed by atoms with E-state index >= 15 is 0 Å². The molecule has 4 nitrogen and oxygen atoms in total. The number of anilines is 1. The summed E-state index contributed by atoms with van der Waals surface area (Å²) in [4.78, 5) is 5.40. The molecule has 0 spiro atoms. The largest absolute Gasteiger partial charge is 0.391 e. The smallest absolute Gasteiger partial charge is 0.268 e. The van der Waals surface area contributed by atoms with Gasteiger partial charge in [-0.05, 0) is 49.2 Å². The minimum Gasteiger partial charge on any atom is -0.391 e.